The van der Waals surface area contributed by atoms with Gasteiger partial charge in [-0.25, -0.2) is 0 Å². The lowest BCUT2D eigenvalue weighted by Crippen LogP contribution is -2.56. The molecular weight excluding hydrogens is 340 g/mol. The lowest BCUT2D eigenvalue weighted by atomic mass is 9.83. The first-order chi connectivity index (χ1) is 13.2. The van der Waals surface area contributed by atoms with Gasteiger partial charge >= 0.3 is 0 Å². The van der Waals surface area contributed by atoms with Crippen LogP contribution >= 0.6 is 0 Å². The number of likely N-dealkylation sites (tertiary alicyclic amines) is 2. The van der Waals surface area contributed by atoms with E-state index in [9.17, 15) is 4.79 Å². The van der Waals surface area contributed by atoms with Crippen LogP contribution in [0.5, 0.6) is 0 Å². The molecule has 0 N–H and O–H groups in total. The van der Waals surface area contributed by atoms with E-state index in [0.29, 0.717) is 42.6 Å². The first-order valence-electron chi connectivity index (χ1n) is 10.1. The van der Waals surface area contributed by atoms with Crippen LogP contribution in [0.4, 0.5) is 0 Å². The van der Waals surface area contributed by atoms with E-state index in [0.717, 1.165) is 45.3 Å². The van der Waals surface area contributed by atoms with Crippen molar-refractivity contribution in [3.8, 4) is 0 Å². The Bertz CT molecular complexity index is 761. The Morgan fingerprint density at radius 1 is 1.15 bits per heavy atom. The predicted molar refractivity (Wildman–Crippen MR) is 102 cm³/mol. The number of piperidine rings is 2. The minimum absolute atomic E-state index is 0.324. The fraction of sp³-hybridized carbons (Fsp3) is 0.571. The van der Waals surface area contributed by atoms with E-state index in [1.807, 2.05) is 13.0 Å². The SMILES string of the molecule is CCc1nnc(CN2CC[C@@H]3[C@@H](CCC(=O)N3CCc3ccccc3)C2)o1. The molecule has 2 fully saturated rings. The first-order valence-corrected chi connectivity index (χ1v) is 10.1. The number of carbonyl (C=O) groups excluding carboxylic acids is 1. The molecule has 3 heterocycles. The highest BCUT2D eigenvalue weighted by Gasteiger charge is 2.39. The summed E-state index contributed by atoms with van der Waals surface area (Å²) in [4.78, 5) is 17.1. The number of hydrogen-bond acceptors (Lipinski definition) is 5. The second-order valence-electron chi connectivity index (χ2n) is 7.66. The molecule has 0 bridgehead atoms. The summed E-state index contributed by atoms with van der Waals surface area (Å²) in [6.07, 6.45) is 4.40. The van der Waals surface area contributed by atoms with Crippen LogP contribution < -0.4 is 0 Å². The highest BCUT2D eigenvalue weighted by Crippen LogP contribution is 2.32. The van der Waals surface area contributed by atoms with Gasteiger partial charge in [0.05, 0.1) is 6.54 Å². The molecule has 2 aromatic rings. The summed E-state index contributed by atoms with van der Waals surface area (Å²) in [5.74, 6) is 2.28. The monoisotopic (exact) mass is 368 g/mol. The zero-order valence-electron chi connectivity index (χ0n) is 16.0. The Hall–Kier alpha value is -2.21. The minimum atomic E-state index is 0.324. The van der Waals surface area contributed by atoms with Crippen molar-refractivity contribution in [2.24, 2.45) is 5.92 Å². The molecule has 0 aliphatic carbocycles. The van der Waals surface area contributed by atoms with Crippen LogP contribution in [0, 0.1) is 5.92 Å². The molecule has 2 aliphatic heterocycles. The molecule has 0 unspecified atom stereocenters. The zero-order chi connectivity index (χ0) is 18.6. The van der Waals surface area contributed by atoms with Crippen molar-refractivity contribution in [3.05, 3.63) is 47.7 Å². The molecule has 1 aromatic carbocycles. The fourth-order valence-electron chi connectivity index (χ4n) is 4.44. The number of hydrogen-bond donors (Lipinski definition) is 0. The third-order valence-electron chi connectivity index (χ3n) is 5.88. The number of carbonyl (C=O) groups is 1. The molecule has 144 valence electrons. The van der Waals surface area contributed by atoms with E-state index < -0.39 is 0 Å². The Morgan fingerprint density at radius 2 is 1.96 bits per heavy atom. The number of aryl methyl sites for hydroxylation is 1. The van der Waals surface area contributed by atoms with E-state index in [2.05, 4.69) is 44.3 Å². The van der Waals surface area contributed by atoms with Gasteiger partial charge in [-0.2, -0.15) is 0 Å². The Kier molecular flexibility index (Phi) is 5.53. The molecule has 6 heteroatoms. The molecule has 1 aromatic heterocycles. The standard InChI is InChI=1S/C21H28N4O2/c1-2-19-22-23-20(27-19)15-24-12-11-18-17(14-24)8-9-21(26)25(18)13-10-16-6-4-3-5-7-16/h3-7,17-18H,2,8-15H2,1H3/t17-,18+/m0/s1. The number of aromatic nitrogens is 2. The van der Waals surface area contributed by atoms with Gasteiger partial charge in [-0.1, -0.05) is 37.3 Å². The van der Waals surface area contributed by atoms with Crippen molar-refractivity contribution in [1.29, 1.82) is 0 Å². The molecule has 4 rings (SSSR count). The van der Waals surface area contributed by atoms with Gasteiger partial charge in [0.25, 0.3) is 0 Å². The molecule has 2 saturated heterocycles. The molecular formula is C21H28N4O2. The van der Waals surface area contributed by atoms with E-state index in [-0.39, 0.29) is 0 Å². The van der Waals surface area contributed by atoms with Gasteiger partial charge in [-0.15, -0.1) is 10.2 Å². The molecule has 2 atom stereocenters. The molecule has 27 heavy (non-hydrogen) atoms. The van der Waals surface area contributed by atoms with Crippen LogP contribution in [0.15, 0.2) is 34.7 Å². The highest BCUT2D eigenvalue weighted by atomic mass is 16.4. The molecule has 0 saturated carbocycles. The van der Waals surface area contributed by atoms with Crippen molar-refractivity contribution < 1.29 is 9.21 Å². The van der Waals surface area contributed by atoms with E-state index in [1.165, 1.54) is 5.56 Å². The van der Waals surface area contributed by atoms with Crippen molar-refractivity contribution in [3.63, 3.8) is 0 Å². The normalized spacial score (nSPS) is 23.4. The van der Waals surface area contributed by atoms with Gasteiger partial charge < -0.3 is 9.32 Å². The van der Waals surface area contributed by atoms with Crippen molar-refractivity contribution in [1.82, 2.24) is 20.0 Å². The number of fused-ring (bicyclic) bond motifs is 1. The fourth-order valence-corrected chi connectivity index (χ4v) is 4.44. The van der Waals surface area contributed by atoms with Gasteiger partial charge in [-0.3, -0.25) is 9.69 Å². The number of amides is 1. The van der Waals surface area contributed by atoms with Crippen LogP contribution in [0.1, 0.15) is 43.5 Å². The highest BCUT2D eigenvalue weighted by molar-refractivity contribution is 5.77. The summed E-state index contributed by atoms with van der Waals surface area (Å²) < 4.78 is 5.67. The van der Waals surface area contributed by atoms with Crippen LogP contribution in [0.2, 0.25) is 0 Å². The van der Waals surface area contributed by atoms with Gasteiger partial charge in [0.15, 0.2) is 0 Å². The maximum Gasteiger partial charge on any atom is 0.230 e. The van der Waals surface area contributed by atoms with Crippen molar-refractivity contribution >= 4 is 5.91 Å². The average Bonchev–Trinajstić information content (AvgIpc) is 3.15. The smallest absolute Gasteiger partial charge is 0.230 e. The summed E-state index contributed by atoms with van der Waals surface area (Å²) in [7, 11) is 0. The number of benzene rings is 1. The second kappa shape index (κ2) is 8.21. The van der Waals surface area contributed by atoms with E-state index in [4.69, 9.17) is 4.42 Å². The topological polar surface area (TPSA) is 62.5 Å². The zero-order valence-corrected chi connectivity index (χ0v) is 16.0. The summed E-state index contributed by atoms with van der Waals surface area (Å²) in [6.45, 7) is 5.54. The Morgan fingerprint density at radius 3 is 2.74 bits per heavy atom. The van der Waals surface area contributed by atoms with Crippen molar-refractivity contribution in [2.45, 2.75) is 51.6 Å². The second-order valence-corrected chi connectivity index (χ2v) is 7.66. The summed E-state index contributed by atoms with van der Waals surface area (Å²) in [5, 5.41) is 8.21. The molecule has 2 aliphatic rings. The number of nitrogens with zero attached hydrogens (tertiary/aromatic N) is 4. The summed E-state index contributed by atoms with van der Waals surface area (Å²) >= 11 is 0. The van der Waals surface area contributed by atoms with Gasteiger partial charge in [0, 0.05) is 38.5 Å². The van der Waals surface area contributed by atoms with Crippen molar-refractivity contribution in [2.75, 3.05) is 19.6 Å². The predicted octanol–water partition coefficient (Wildman–Crippen LogP) is 2.69. The van der Waals surface area contributed by atoms with Crippen LogP contribution in [0.25, 0.3) is 0 Å². The molecule has 6 nitrogen and oxygen atoms in total. The first kappa shape index (κ1) is 18.2. The largest absolute Gasteiger partial charge is 0.424 e. The molecule has 0 spiro atoms. The maximum atomic E-state index is 12.6. The Labute approximate surface area is 160 Å². The molecule has 1 amide bonds. The van der Waals surface area contributed by atoms with Gasteiger partial charge in [0.1, 0.15) is 0 Å². The van der Waals surface area contributed by atoms with Gasteiger partial charge in [0.2, 0.25) is 17.7 Å². The van der Waals surface area contributed by atoms with Crippen LogP contribution in [0.3, 0.4) is 0 Å². The number of rotatable bonds is 6. The quantitative estimate of drug-likeness (QED) is 0.784. The third-order valence-corrected chi connectivity index (χ3v) is 5.88. The average molecular weight is 368 g/mol. The van der Waals surface area contributed by atoms with Crippen LogP contribution in [-0.4, -0.2) is 51.6 Å². The minimum Gasteiger partial charge on any atom is -0.424 e. The van der Waals surface area contributed by atoms with Crippen LogP contribution in [-0.2, 0) is 24.2 Å². The third kappa shape index (κ3) is 4.21. The van der Waals surface area contributed by atoms with Gasteiger partial charge in [-0.05, 0) is 30.7 Å². The lowest BCUT2D eigenvalue weighted by Gasteiger charge is -2.47. The van der Waals surface area contributed by atoms with E-state index >= 15 is 0 Å². The summed E-state index contributed by atoms with van der Waals surface area (Å²) in [6, 6.07) is 10.8. The van der Waals surface area contributed by atoms with E-state index in [1.54, 1.807) is 0 Å². The lowest BCUT2D eigenvalue weighted by molar-refractivity contribution is -0.141. The Balaban J connectivity index is 1.36. The summed E-state index contributed by atoms with van der Waals surface area (Å²) in [5.41, 5.74) is 1.30. The maximum absolute atomic E-state index is 12.6. The molecule has 0 radical (unpaired) electrons.